The molecule has 0 unspecified atom stereocenters. The fraction of sp³-hybridized carbons (Fsp3) is 0.857. The van der Waals surface area contributed by atoms with Crippen molar-refractivity contribution in [3.63, 3.8) is 0 Å². The van der Waals surface area contributed by atoms with Crippen molar-refractivity contribution in [2.45, 2.75) is 134 Å². The molecule has 0 aromatic heterocycles. The number of carbonyl (C=O) groups is 4. The number of hydrogen-bond acceptors (Lipinski definition) is 4. The quantitative estimate of drug-likeness (QED) is 0.298. The Morgan fingerprint density at radius 1 is 0.375 bits per heavy atom. The third kappa shape index (κ3) is 63.0. The summed E-state index contributed by atoms with van der Waals surface area (Å²) in [6.45, 7) is 23.6. The van der Waals surface area contributed by atoms with Gasteiger partial charge < -0.3 is 19.2 Å². The zero-order valence-electron chi connectivity index (χ0n) is 23.6. The first-order valence-corrected chi connectivity index (χ1v) is 12.5. The zero-order valence-corrected chi connectivity index (χ0v) is 23.6. The maximum atomic E-state index is 10.3. The van der Waals surface area contributed by atoms with Crippen LogP contribution in [0.1, 0.15) is 134 Å². The number of ketones is 4. The van der Waals surface area contributed by atoms with Crippen molar-refractivity contribution >= 4 is 23.1 Å². The molecule has 0 aliphatic carbocycles. The van der Waals surface area contributed by atoms with Gasteiger partial charge in [-0.2, -0.15) is 0 Å². The average molecular weight is 457 g/mol. The summed E-state index contributed by atoms with van der Waals surface area (Å²) in [7, 11) is 0. The van der Waals surface area contributed by atoms with Crippen molar-refractivity contribution in [3.8, 4) is 0 Å². The van der Waals surface area contributed by atoms with Gasteiger partial charge in [-0.25, -0.2) is 0 Å². The predicted octanol–water partition coefficient (Wildman–Crippen LogP) is 8.05. The third-order valence-corrected chi connectivity index (χ3v) is 4.29. The van der Waals surface area contributed by atoms with Crippen molar-refractivity contribution in [2.24, 2.45) is 23.7 Å². The second-order valence-electron chi connectivity index (χ2n) is 10.5. The molecule has 32 heavy (non-hydrogen) atoms. The minimum Gasteiger partial charge on any atom is -0.300 e. The summed E-state index contributed by atoms with van der Waals surface area (Å²) in [5.74, 6) is 3.88. The van der Waals surface area contributed by atoms with Gasteiger partial charge >= 0.3 is 0 Å². The highest BCUT2D eigenvalue weighted by Crippen LogP contribution is 2.04. The largest absolute Gasteiger partial charge is 0.300 e. The number of hydrogen-bond donors (Lipinski definition) is 0. The molecule has 0 amide bonds. The molecule has 4 nitrogen and oxygen atoms in total. The van der Waals surface area contributed by atoms with Crippen LogP contribution in [-0.4, -0.2) is 23.1 Å². The number of carbonyl (C=O) groups excluding carboxylic acids is 4. The lowest BCUT2D eigenvalue weighted by Gasteiger charge is -1.98. The fourth-order valence-electron chi connectivity index (χ4n) is 1.97. The smallest absolute Gasteiger partial charge is 0.129 e. The number of rotatable bonds is 12. The molecular weight excluding hydrogens is 400 g/mol. The molecule has 0 saturated heterocycles. The van der Waals surface area contributed by atoms with Gasteiger partial charge in [-0.3, -0.25) is 0 Å². The van der Waals surface area contributed by atoms with Crippen LogP contribution in [0.5, 0.6) is 0 Å². The molecule has 0 aliphatic heterocycles. The second-order valence-corrected chi connectivity index (χ2v) is 10.5. The second kappa shape index (κ2) is 25.9. The Morgan fingerprint density at radius 3 is 0.531 bits per heavy atom. The summed E-state index contributed by atoms with van der Waals surface area (Å²) >= 11 is 0. The molecule has 0 rings (SSSR count). The van der Waals surface area contributed by atoms with Crippen LogP contribution >= 0.6 is 0 Å². The van der Waals surface area contributed by atoms with E-state index in [-0.39, 0.29) is 0 Å². The van der Waals surface area contributed by atoms with Crippen molar-refractivity contribution in [1.82, 2.24) is 0 Å². The van der Waals surface area contributed by atoms with E-state index in [9.17, 15) is 19.2 Å². The van der Waals surface area contributed by atoms with E-state index < -0.39 is 0 Å². The van der Waals surface area contributed by atoms with Gasteiger partial charge in [0.05, 0.1) is 0 Å². The van der Waals surface area contributed by atoms with Crippen molar-refractivity contribution in [2.75, 3.05) is 0 Å². The molecular formula is C28H56O4. The molecule has 192 valence electrons. The van der Waals surface area contributed by atoms with E-state index in [4.69, 9.17) is 0 Å². The Balaban J connectivity index is -0.000000163. The normalized spacial score (nSPS) is 10.0. The van der Waals surface area contributed by atoms with Crippen molar-refractivity contribution < 1.29 is 19.2 Å². The monoisotopic (exact) mass is 456 g/mol. The van der Waals surface area contributed by atoms with Crippen LogP contribution < -0.4 is 0 Å². The van der Waals surface area contributed by atoms with Gasteiger partial charge in [0, 0.05) is 25.7 Å². The molecule has 0 N–H and O–H groups in total. The Morgan fingerprint density at radius 2 is 0.500 bits per heavy atom. The van der Waals surface area contributed by atoms with Gasteiger partial charge in [0.1, 0.15) is 23.1 Å². The van der Waals surface area contributed by atoms with Crippen LogP contribution in [-0.2, 0) is 19.2 Å². The van der Waals surface area contributed by atoms with Crippen LogP contribution in [0.15, 0.2) is 0 Å². The molecule has 0 saturated carbocycles. The molecule has 0 aromatic carbocycles. The molecule has 0 heterocycles. The Bertz CT molecular complexity index is 386. The summed E-state index contributed by atoms with van der Waals surface area (Å²) in [5, 5.41) is 0. The molecule has 0 aromatic rings. The zero-order chi connectivity index (χ0) is 26.3. The van der Waals surface area contributed by atoms with Crippen LogP contribution in [0.25, 0.3) is 0 Å². The first-order valence-electron chi connectivity index (χ1n) is 12.5. The molecule has 0 aliphatic rings. The molecule has 0 bridgehead atoms. The van der Waals surface area contributed by atoms with E-state index in [1.165, 1.54) is 0 Å². The molecule has 0 fully saturated rings. The van der Waals surface area contributed by atoms with Gasteiger partial charge in [-0.15, -0.1) is 0 Å². The average Bonchev–Trinajstić information content (AvgIpc) is 2.63. The highest BCUT2D eigenvalue weighted by molar-refractivity contribution is 5.76. The third-order valence-electron chi connectivity index (χ3n) is 4.29. The van der Waals surface area contributed by atoms with Crippen LogP contribution in [0.4, 0.5) is 0 Å². The van der Waals surface area contributed by atoms with Gasteiger partial charge in [0.2, 0.25) is 0 Å². The lowest BCUT2D eigenvalue weighted by molar-refractivity contribution is -0.118. The first-order chi connectivity index (χ1) is 14.5. The summed E-state index contributed by atoms with van der Waals surface area (Å²) in [5.41, 5.74) is 0. The molecule has 0 spiro atoms. The first kappa shape index (κ1) is 38.0. The Labute approximate surface area is 200 Å². The summed E-state index contributed by atoms with van der Waals surface area (Å²) in [6, 6.07) is 0. The van der Waals surface area contributed by atoms with Crippen molar-refractivity contribution in [3.05, 3.63) is 0 Å². The maximum Gasteiger partial charge on any atom is 0.129 e. The van der Waals surface area contributed by atoms with Gasteiger partial charge in [-0.1, -0.05) is 55.4 Å². The lowest BCUT2D eigenvalue weighted by atomic mass is 10.1. The number of Topliss-reactive ketones (excluding diaryl/α,β-unsaturated/α-hetero) is 4. The molecule has 0 radical (unpaired) electrons. The molecule has 4 heteroatoms. The van der Waals surface area contributed by atoms with E-state index in [0.717, 1.165) is 51.4 Å². The van der Waals surface area contributed by atoms with Gasteiger partial charge in [-0.05, 0) is 77.0 Å². The van der Waals surface area contributed by atoms with Crippen LogP contribution in [0, 0.1) is 23.7 Å². The van der Waals surface area contributed by atoms with Crippen LogP contribution in [0.3, 0.4) is 0 Å². The van der Waals surface area contributed by atoms with E-state index in [2.05, 4.69) is 55.4 Å². The van der Waals surface area contributed by atoms with Crippen molar-refractivity contribution in [1.29, 1.82) is 0 Å². The van der Waals surface area contributed by atoms with E-state index in [0.29, 0.717) is 46.8 Å². The standard InChI is InChI=1S/4C7H14O/c4*1-6(2)4-5-7(3)8/h4*6H,4-5H2,1-3H3. The fourth-order valence-corrected chi connectivity index (χ4v) is 1.97. The summed E-state index contributed by atoms with van der Waals surface area (Å²) < 4.78 is 0. The van der Waals surface area contributed by atoms with Crippen LogP contribution in [0.2, 0.25) is 0 Å². The Hall–Kier alpha value is -1.32. The topological polar surface area (TPSA) is 68.3 Å². The van der Waals surface area contributed by atoms with E-state index in [1.54, 1.807) is 27.7 Å². The van der Waals surface area contributed by atoms with Gasteiger partial charge in [0.15, 0.2) is 0 Å². The highest BCUT2D eigenvalue weighted by atomic mass is 16.1. The highest BCUT2D eigenvalue weighted by Gasteiger charge is 1.97. The minimum atomic E-state index is 0.304. The van der Waals surface area contributed by atoms with Gasteiger partial charge in [0.25, 0.3) is 0 Å². The lowest BCUT2D eigenvalue weighted by Crippen LogP contribution is -1.93. The maximum absolute atomic E-state index is 10.3. The SMILES string of the molecule is CC(=O)CCC(C)C.CC(=O)CCC(C)C.CC(=O)CCC(C)C.CC(=O)CCC(C)C. The minimum absolute atomic E-state index is 0.304. The summed E-state index contributed by atoms with van der Waals surface area (Å²) in [6.07, 6.45) is 7.14. The van der Waals surface area contributed by atoms with E-state index in [1.807, 2.05) is 0 Å². The van der Waals surface area contributed by atoms with E-state index >= 15 is 0 Å². The Kier molecular flexibility index (Phi) is 30.8. The molecule has 0 atom stereocenters. The predicted molar refractivity (Wildman–Crippen MR) is 139 cm³/mol. The summed E-state index contributed by atoms with van der Waals surface area (Å²) in [4.78, 5) is 41.4.